The quantitative estimate of drug-likeness (QED) is 0.846. The monoisotopic (exact) mass is 232 g/mol. The minimum absolute atomic E-state index is 0.147. The lowest BCUT2D eigenvalue weighted by molar-refractivity contribution is 0.0698. The van der Waals surface area contributed by atoms with Crippen LogP contribution in [0.2, 0.25) is 0 Å². The number of methoxy groups -OCH3 is 1. The van der Waals surface area contributed by atoms with Gasteiger partial charge in [-0.25, -0.2) is 9.78 Å². The number of nitrogens with one attached hydrogen (secondary N) is 1. The van der Waals surface area contributed by atoms with Gasteiger partial charge >= 0.3 is 5.97 Å². The number of aromatic nitrogens is 1. The van der Waals surface area contributed by atoms with E-state index < -0.39 is 5.97 Å². The molecule has 0 aliphatic rings. The number of carbonyl (C=O) groups is 1. The van der Waals surface area contributed by atoms with Gasteiger partial charge < -0.3 is 15.2 Å². The topological polar surface area (TPSA) is 71.5 Å². The van der Waals surface area contributed by atoms with Crippen molar-refractivity contribution in [1.29, 1.82) is 0 Å². The van der Waals surface area contributed by atoms with Crippen molar-refractivity contribution in [2.75, 3.05) is 19.5 Å². The number of fused-ring (bicyclic) bond motifs is 1. The van der Waals surface area contributed by atoms with E-state index in [0.29, 0.717) is 11.6 Å². The number of benzene rings is 1. The van der Waals surface area contributed by atoms with Crippen LogP contribution in [-0.2, 0) is 0 Å². The smallest absolute Gasteiger partial charge is 0.339 e. The molecule has 0 spiro atoms. The Kier molecular flexibility index (Phi) is 2.82. The Labute approximate surface area is 98.0 Å². The van der Waals surface area contributed by atoms with Gasteiger partial charge in [0.2, 0.25) is 0 Å². The molecule has 0 atom stereocenters. The van der Waals surface area contributed by atoms with Crippen LogP contribution in [0.4, 0.5) is 5.82 Å². The SMILES string of the molecule is CNc1nc2ccc(OC)cc2cc1C(=O)O. The average Bonchev–Trinajstić information content (AvgIpc) is 2.36. The van der Waals surface area contributed by atoms with Gasteiger partial charge in [0.1, 0.15) is 17.1 Å². The Balaban J connectivity index is 2.69. The normalized spacial score (nSPS) is 10.2. The third-order valence-corrected chi connectivity index (χ3v) is 2.49. The molecule has 88 valence electrons. The molecule has 0 fully saturated rings. The van der Waals surface area contributed by atoms with Crippen LogP contribution in [0.1, 0.15) is 10.4 Å². The summed E-state index contributed by atoms with van der Waals surface area (Å²) in [5.74, 6) is 0.0228. The molecule has 1 heterocycles. The first kappa shape index (κ1) is 11.2. The second-order valence-corrected chi connectivity index (χ2v) is 3.50. The molecule has 2 aromatic rings. The molecule has 0 radical (unpaired) electrons. The van der Waals surface area contributed by atoms with Gasteiger partial charge in [0, 0.05) is 12.4 Å². The summed E-state index contributed by atoms with van der Waals surface area (Å²) in [6, 6.07) is 6.92. The standard InChI is InChI=1S/C12H12N2O3/c1-13-11-9(12(15)16)6-7-5-8(17-2)3-4-10(7)14-11/h3-6H,1-2H3,(H,13,14)(H,15,16). The highest BCUT2D eigenvalue weighted by Crippen LogP contribution is 2.24. The summed E-state index contributed by atoms with van der Waals surface area (Å²) < 4.78 is 5.09. The minimum atomic E-state index is -1.01. The van der Waals surface area contributed by atoms with Crippen LogP contribution >= 0.6 is 0 Å². The van der Waals surface area contributed by atoms with E-state index in [9.17, 15) is 4.79 Å². The maximum absolute atomic E-state index is 11.1. The van der Waals surface area contributed by atoms with Crippen molar-refractivity contribution < 1.29 is 14.6 Å². The average molecular weight is 232 g/mol. The molecule has 0 unspecified atom stereocenters. The molecule has 0 saturated carbocycles. The minimum Gasteiger partial charge on any atom is -0.497 e. The van der Waals surface area contributed by atoms with E-state index in [4.69, 9.17) is 9.84 Å². The Hall–Kier alpha value is -2.30. The zero-order valence-electron chi connectivity index (χ0n) is 9.52. The number of rotatable bonds is 3. The largest absolute Gasteiger partial charge is 0.497 e. The first-order valence-corrected chi connectivity index (χ1v) is 5.05. The summed E-state index contributed by atoms with van der Waals surface area (Å²) in [6.07, 6.45) is 0. The van der Waals surface area contributed by atoms with E-state index in [1.165, 1.54) is 0 Å². The highest BCUT2D eigenvalue weighted by atomic mass is 16.5. The summed E-state index contributed by atoms with van der Waals surface area (Å²) in [5, 5.41) is 12.6. The molecule has 0 amide bonds. The van der Waals surface area contributed by atoms with Crippen molar-refractivity contribution in [3.63, 3.8) is 0 Å². The number of pyridine rings is 1. The number of nitrogens with zero attached hydrogens (tertiary/aromatic N) is 1. The molecule has 0 aliphatic heterocycles. The fourth-order valence-corrected chi connectivity index (χ4v) is 1.64. The molecule has 5 nitrogen and oxygen atoms in total. The predicted molar refractivity (Wildman–Crippen MR) is 64.8 cm³/mol. The predicted octanol–water partition coefficient (Wildman–Crippen LogP) is 1.98. The fraction of sp³-hybridized carbons (Fsp3) is 0.167. The van der Waals surface area contributed by atoms with Crippen LogP contribution < -0.4 is 10.1 Å². The third-order valence-electron chi connectivity index (χ3n) is 2.49. The van der Waals surface area contributed by atoms with Crippen LogP contribution in [0.25, 0.3) is 10.9 Å². The summed E-state index contributed by atoms with van der Waals surface area (Å²) in [6.45, 7) is 0. The van der Waals surface area contributed by atoms with Gasteiger partial charge in [-0.2, -0.15) is 0 Å². The van der Waals surface area contributed by atoms with E-state index in [1.807, 2.05) is 0 Å². The second kappa shape index (κ2) is 4.29. The van der Waals surface area contributed by atoms with Crippen molar-refractivity contribution >= 4 is 22.7 Å². The van der Waals surface area contributed by atoms with E-state index in [0.717, 1.165) is 10.9 Å². The number of carboxylic acid groups (broad SMARTS) is 1. The fourth-order valence-electron chi connectivity index (χ4n) is 1.64. The van der Waals surface area contributed by atoms with E-state index >= 15 is 0 Å². The molecule has 0 saturated heterocycles. The molecule has 2 N–H and O–H groups in total. The summed E-state index contributed by atoms with van der Waals surface area (Å²) in [7, 11) is 3.21. The van der Waals surface area contributed by atoms with Crippen molar-refractivity contribution in [2.45, 2.75) is 0 Å². The zero-order valence-corrected chi connectivity index (χ0v) is 9.52. The van der Waals surface area contributed by atoms with Gasteiger partial charge in [-0.05, 0) is 24.3 Å². The van der Waals surface area contributed by atoms with Gasteiger partial charge in [0.15, 0.2) is 0 Å². The van der Waals surface area contributed by atoms with Gasteiger partial charge in [0.25, 0.3) is 0 Å². The van der Waals surface area contributed by atoms with Crippen LogP contribution in [0, 0.1) is 0 Å². The Morgan fingerprint density at radius 1 is 1.41 bits per heavy atom. The zero-order chi connectivity index (χ0) is 12.4. The lowest BCUT2D eigenvalue weighted by atomic mass is 10.1. The molecular formula is C12H12N2O3. The molecular weight excluding hydrogens is 220 g/mol. The third kappa shape index (κ3) is 1.99. The summed E-state index contributed by atoms with van der Waals surface area (Å²) in [5.41, 5.74) is 0.869. The molecule has 2 rings (SSSR count). The van der Waals surface area contributed by atoms with E-state index in [-0.39, 0.29) is 5.56 Å². The number of hydrogen-bond acceptors (Lipinski definition) is 4. The van der Waals surface area contributed by atoms with E-state index in [1.54, 1.807) is 38.4 Å². The van der Waals surface area contributed by atoms with Gasteiger partial charge in [-0.15, -0.1) is 0 Å². The van der Waals surface area contributed by atoms with Crippen molar-refractivity contribution in [1.82, 2.24) is 4.98 Å². The van der Waals surface area contributed by atoms with Gasteiger partial charge in [-0.1, -0.05) is 0 Å². The van der Waals surface area contributed by atoms with E-state index in [2.05, 4.69) is 10.3 Å². The molecule has 1 aromatic heterocycles. The molecule has 0 aliphatic carbocycles. The Morgan fingerprint density at radius 3 is 2.76 bits per heavy atom. The van der Waals surface area contributed by atoms with Crippen LogP contribution in [0.15, 0.2) is 24.3 Å². The molecule has 0 bridgehead atoms. The summed E-state index contributed by atoms with van der Waals surface area (Å²) >= 11 is 0. The van der Waals surface area contributed by atoms with Crippen LogP contribution in [0.5, 0.6) is 5.75 Å². The van der Waals surface area contributed by atoms with Crippen LogP contribution in [-0.4, -0.2) is 30.2 Å². The molecule has 17 heavy (non-hydrogen) atoms. The number of anilines is 1. The van der Waals surface area contributed by atoms with Crippen molar-refractivity contribution in [3.05, 3.63) is 29.8 Å². The number of hydrogen-bond donors (Lipinski definition) is 2. The first-order chi connectivity index (χ1) is 8.15. The number of carboxylic acids is 1. The van der Waals surface area contributed by atoms with Gasteiger partial charge in [-0.3, -0.25) is 0 Å². The van der Waals surface area contributed by atoms with Crippen molar-refractivity contribution in [2.24, 2.45) is 0 Å². The lowest BCUT2D eigenvalue weighted by Gasteiger charge is -2.07. The highest BCUT2D eigenvalue weighted by molar-refractivity contribution is 5.98. The Morgan fingerprint density at radius 2 is 2.18 bits per heavy atom. The van der Waals surface area contributed by atoms with Crippen molar-refractivity contribution in [3.8, 4) is 5.75 Å². The first-order valence-electron chi connectivity index (χ1n) is 5.05. The maximum atomic E-state index is 11.1. The maximum Gasteiger partial charge on any atom is 0.339 e. The summed E-state index contributed by atoms with van der Waals surface area (Å²) in [4.78, 5) is 15.3. The second-order valence-electron chi connectivity index (χ2n) is 3.50. The highest BCUT2D eigenvalue weighted by Gasteiger charge is 2.12. The number of aromatic carboxylic acids is 1. The van der Waals surface area contributed by atoms with Gasteiger partial charge in [0.05, 0.1) is 12.6 Å². The Bertz CT molecular complexity index is 581. The van der Waals surface area contributed by atoms with Crippen LogP contribution in [0.3, 0.4) is 0 Å². The molecule has 1 aromatic carbocycles. The lowest BCUT2D eigenvalue weighted by Crippen LogP contribution is -2.05. The number of ether oxygens (including phenoxy) is 1. The molecule has 5 heteroatoms.